The average molecular weight is 702 g/mol. The largest absolute Gasteiger partial charge is 0.455 e. The second-order valence-electron chi connectivity index (χ2n) is 14.0. The Balaban J connectivity index is 1.19. The fourth-order valence-corrected chi connectivity index (χ4v) is 8.06. The van der Waals surface area contributed by atoms with E-state index in [1.807, 2.05) is 24.3 Å². The molecule has 0 spiro atoms. The van der Waals surface area contributed by atoms with E-state index in [4.69, 9.17) is 19.4 Å². The van der Waals surface area contributed by atoms with Crippen LogP contribution in [0, 0.1) is 0 Å². The van der Waals surface area contributed by atoms with Gasteiger partial charge >= 0.3 is 0 Å². The maximum Gasteiger partial charge on any atom is 0.167 e. The van der Waals surface area contributed by atoms with E-state index in [-0.39, 0.29) is 0 Å². The number of benzene rings is 9. The Hall–Kier alpha value is -7.43. The third-order valence-corrected chi connectivity index (χ3v) is 10.7. The van der Waals surface area contributed by atoms with Crippen LogP contribution in [0.3, 0.4) is 0 Å². The predicted octanol–water partition coefficient (Wildman–Crippen LogP) is 13.6. The summed E-state index contributed by atoms with van der Waals surface area (Å²) in [5.41, 5.74) is 8.67. The van der Waals surface area contributed by atoms with Gasteiger partial charge < -0.3 is 4.42 Å². The van der Waals surface area contributed by atoms with Gasteiger partial charge in [0.15, 0.2) is 17.5 Å². The fraction of sp³-hybridized carbons (Fsp3) is 0. The fourth-order valence-electron chi connectivity index (χ4n) is 8.06. The standard InChI is InChI=1S/C51H31N3O/c1-2-15-35-30-37(27-26-32(35)12-1)36-17-9-18-38(31-36)49-52-50(45-24-11-23-44-42-21-7-8-25-46(42)55-48(44)45)54-51(53-49)47-40-20-6-4-14-34(40)28-29-43(47)41-22-10-16-33-13-3-5-19-39(33)41/h1-31H. The molecular weight excluding hydrogens is 671 g/mol. The molecule has 0 unspecified atom stereocenters. The molecule has 2 heterocycles. The van der Waals surface area contributed by atoms with E-state index < -0.39 is 0 Å². The molecule has 256 valence electrons. The van der Waals surface area contributed by atoms with Gasteiger partial charge in [-0.25, -0.2) is 15.0 Å². The molecule has 0 aliphatic heterocycles. The van der Waals surface area contributed by atoms with Crippen LogP contribution in [0.25, 0.3) is 111 Å². The second kappa shape index (κ2) is 12.6. The minimum absolute atomic E-state index is 0.553. The highest BCUT2D eigenvalue weighted by molar-refractivity contribution is 6.10. The molecule has 0 fully saturated rings. The van der Waals surface area contributed by atoms with Crippen molar-refractivity contribution in [1.29, 1.82) is 0 Å². The molecule has 0 aliphatic carbocycles. The maximum absolute atomic E-state index is 6.55. The first kappa shape index (κ1) is 31.1. The third kappa shape index (κ3) is 5.26. The topological polar surface area (TPSA) is 51.8 Å². The van der Waals surface area contributed by atoms with Crippen molar-refractivity contribution in [2.24, 2.45) is 0 Å². The van der Waals surface area contributed by atoms with E-state index in [0.717, 1.165) is 71.7 Å². The number of furan rings is 1. The number of rotatable bonds is 5. The highest BCUT2D eigenvalue weighted by atomic mass is 16.3. The van der Waals surface area contributed by atoms with Crippen LogP contribution in [0.1, 0.15) is 0 Å². The zero-order valence-corrected chi connectivity index (χ0v) is 29.6. The normalized spacial score (nSPS) is 11.6. The van der Waals surface area contributed by atoms with Crippen molar-refractivity contribution in [1.82, 2.24) is 15.0 Å². The highest BCUT2D eigenvalue weighted by Gasteiger charge is 2.22. The predicted molar refractivity (Wildman–Crippen MR) is 227 cm³/mol. The van der Waals surface area contributed by atoms with Crippen molar-refractivity contribution < 1.29 is 4.42 Å². The molecule has 0 aliphatic rings. The average Bonchev–Trinajstić information content (AvgIpc) is 3.64. The van der Waals surface area contributed by atoms with E-state index >= 15 is 0 Å². The van der Waals surface area contributed by atoms with E-state index in [9.17, 15) is 0 Å². The molecule has 0 atom stereocenters. The molecular formula is C51H31N3O. The van der Waals surface area contributed by atoms with E-state index in [2.05, 4.69) is 164 Å². The van der Waals surface area contributed by atoms with Gasteiger partial charge in [0, 0.05) is 21.9 Å². The molecule has 9 aromatic carbocycles. The summed E-state index contributed by atoms with van der Waals surface area (Å²) in [6.07, 6.45) is 0. The molecule has 0 radical (unpaired) electrons. The zero-order valence-electron chi connectivity index (χ0n) is 29.6. The molecule has 0 saturated carbocycles. The summed E-state index contributed by atoms with van der Waals surface area (Å²) in [6.45, 7) is 0. The van der Waals surface area contributed by atoms with Crippen LogP contribution < -0.4 is 0 Å². The van der Waals surface area contributed by atoms with Crippen molar-refractivity contribution >= 4 is 54.3 Å². The first-order chi connectivity index (χ1) is 27.2. The molecule has 0 bridgehead atoms. The summed E-state index contributed by atoms with van der Waals surface area (Å²) in [5.74, 6) is 1.74. The lowest BCUT2D eigenvalue weighted by Gasteiger charge is -2.16. The van der Waals surface area contributed by atoms with Gasteiger partial charge in [0.05, 0.1) is 5.56 Å². The van der Waals surface area contributed by atoms with Crippen LogP contribution in [0.2, 0.25) is 0 Å². The van der Waals surface area contributed by atoms with Crippen LogP contribution in [0.5, 0.6) is 0 Å². The molecule has 55 heavy (non-hydrogen) atoms. The van der Waals surface area contributed by atoms with Gasteiger partial charge in [-0.2, -0.15) is 0 Å². The van der Waals surface area contributed by atoms with E-state index in [1.165, 1.54) is 21.5 Å². The van der Waals surface area contributed by atoms with Gasteiger partial charge in [0.1, 0.15) is 11.2 Å². The second-order valence-corrected chi connectivity index (χ2v) is 14.0. The number of nitrogens with zero attached hydrogens (tertiary/aromatic N) is 3. The zero-order chi connectivity index (χ0) is 36.3. The molecule has 2 aromatic heterocycles. The lowest BCUT2D eigenvalue weighted by atomic mass is 9.90. The monoisotopic (exact) mass is 701 g/mol. The quantitative estimate of drug-likeness (QED) is 0.179. The van der Waals surface area contributed by atoms with Gasteiger partial charge in [0.25, 0.3) is 0 Å². The molecule has 0 amide bonds. The molecule has 11 rings (SSSR count). The van der Waals surface area contributed by atoms with Gasteiger partial charge in [0.2, 0.25) is 0 Å². The summed E-state index contributed by atoms with van der Waals surface area (Å²) in [6, 6.07) is 65.8. The van der Waals surface area contributed by atoms with Gasteiger partial charge in [-0.3, -0.25) is 0 Å². The Morgan fingerprint density at radius 1 is 0.309 bits per heavy atom. The van der Waals surface area contributed by atoms with Gasteiger partial charge in [-0.1, -0.05) is 164 Å². The summed E-state index contributed by atoms with van der Waals surface area (Å²) in [7, 11) is 0. The van der Waals surface area contributed by atoms with Gasteiger partial charge in [-0.05, 0) is 78.8 Å². The van der Waals surface area contributed by atoms with E-state index in [1.54, 1.807) is 0 Å². The van der Waals surface area contributed by atoms with Crippen LogP contribution in [-0.4, -0.2) is 15.0 Å². The molecule has 0 saturated heterocycles. The Morgan fingerprint density at radius 3 is 1.78 bits per heavy atom. The minimum Gasteiger partial charge on any atom is -0.455 e. The first-order valence-electron chi connectivity index (χ1n) is 18.5. The number of hydrogen-bond donors (Lipinski definition) is 0. The van der Waals surface area contributed by atoms with Crippen molar-refractivity contribution in [3.63, 3.8) is 0 Å². The van der Waals surface area contributed by atoms with Crippen molar-refractivity contribution in [3.05, 3.63) is 188 Å². The Kier molecular flexibility index (Phi) is 7.14. The summed E-state index contributed by atoms with van der Waals surface area (Å²) >= 11 is 0. The lowest BCUT2D eigenvalue weighted by molar-refractivity contribution is 0.669. The minimum atomic E-state index is 0.553. The number of aromatic nitrogens is 3. The summed E-state index contributed by atoms with van der Waals surface area (Å²) in [5, 5.41) is 9.03. The SMILES string of the molecule is c1cc(-c2ccc3ccccc3c2)cc(-c2nc(-c3c(-c4cccc5ccccc45)ccc4ccccc34)nc(-c3cccc4c3oc3ccccc34)n2)c1. The molecule has 4 nitrogen and oxygen atoms in total. The van der Waals surface area contributed by atoms with Crippen molar-refractivity contribution in [2.45, 2.75) is 0 Å². The highest BCUT2D eigenvalue weighted by Crippen LogP contribution is 2.42. The van der Waals surface area contributed by atoms with Crippen LogP contribution in [-0.2, 0) is 0 Å². The third-order valence-electron chi connectivity index (χ3n) is 10.7. The van der Waals surface area contributed by atoms with Crippen molar-refractivity contribution in [2.75, 3.05) is 0 Å². The number of fused-ring (bicyclic) bond motifs is 6. The maximum atomic E-state index is 6.55. The summed E-state index contributed by atoms with van der Waals surface area (Å²) < 4.78 is 6.55. The Labute approximate surface area is 317 Å². The lowest BCUT2D eigenvalue weighted by Crippen LogP contribution is -2.02. The molecule has 4 heteroatoms. The van der Waals surface area contributed by atoms with E-state index in [0.29, 0.717) is 17.5 Å². The smallest absolute Gasteiger partial charge is 0.167 e. The number of para-hydroxylation sites is 2. The van der Waals surface area contributed by atoms with Crippen LogP contribution in [0.15, 0.2) is 192 Å². The molecule has 11 aromatic rings. The van der Waals surface area contributed by atoms with Crippen LogP contribution >= 0.6 is 0 Å². The Bertz CT molecular complexity index is 3280. The van der Waals surface area contributed by atoms with Gasteiger partial charge in [-0.15, -0.1) is 0 Å². The first-order valence-corrected chi connectivity index (χ1v) is 18.5. The number of hydrogen-bond acceptors (Lipinski definition) is 4. The Morgan fingerprint density at radius 2 is 0.891 bits per heavy atom. The summed E-state index contributed by atoms with van der Waals surface area (Å²) in [4.78, 5) is 16.0. The van der Waals surface area contributed by atoms with Crippen molar-refractivity contribution in [3.8, 4) is 56.4 Å². The van der Waals surface area contributed by atoms with Crippen LogP contribution in [0.4, 0.5) is 0 Å². The molecule has 0 N–H and O–H groups in total.